The van der Waals surface area contributed by atoms with Crippen LogP contribution in [-0.2, 0) is 13.0 Å². The van der Waals surface area contributed by atoms with Gasteiger partial charge in [-0.2, -0.15) is 0 Å². The van der Waals surface area contributed by atoms with Crippen molar-refractivity contribution in [2.45, 2.75) is 25.8 Å². The number of ketones is 1. The Hall–Kier alpha value is -2.73. The molecule has 2 aliphatic rings. The molecule has 2 aromatic rings. The smallest absolute Gasteiger partial charge is 0.231 e. The molecule has 4 rings (SSSR count). The molecule has 6 nitrogen and oxygen atoms in total. The molecule has 0 saturated heterocycles. The van der Waals surface area contributed by atoms with E-state index in [0.29, 0.717) is 35.1 Å². The first-order valence-electron chi connectivity index (χ1n) is 9.42. The van der Waals surface area contributed by atoms with Gasteiger partial charge in [0.1, 0.15) is 0 Å². The molecule has 0 fully saturated rings. The predicted molar refractivity (Wildman–Crippen MR) is 105 cm³/mol. The molecule has 0 N–H and O–H groups in total. The number of rotatable bonds is 2. The summed E-state index contributed by atoms with van der Waals surface area (Å²) in [5.74, 6) is 2.47. The molecule has 0 spiro atoms. The average molecular weight is 383 g/mol. The number of Topliss-reactive ketones (excluding diaryl/α,β-unsaturated/α-hetero) is 1. The lowest BCUT2D eigenvalue weighted by Crippen LogP contribution is -2.26. The van der Waals surface area contributed by atoms with Crippen molar-refractivity contribution in [3.05, 3.63) is 46.5 Å². The minimum absolute atomic E-state index is 0.0753. The molecule has 1 atom stereocenters. The first kappa shape index (κ1) is 18.6. The van der Waals surface area contributed by atoms with Gasteiger partial charge in [-0.3, -0.25) is 4.79 Å². The maximum atomic E-state index is 13.5. The Morgan fingerprint density at radius 2 is 1.86 bits per heavy atom. The summed E-state index contributed by atoms with van der Waals surface area (Å²) >= 11 is 0. The number of carbonyl (C=O) groups is 1. The van der Waals surface area contributed by atoms with Gasteiger partial charge >= 0.3 is 0 Å². The Morgan fingerprint density at radius 3 is 2.57 bits per heavy atom. The van der Waals surface area contributed by atoms with E-state index in [0.717, 1.165) is 29.7 Å². The number of likely N-dealkylation sites (N-methyl/N-ethyl adjacent to an activating group) is 1. The lowest BCUT2D eigenvalue weighted by Gasteiger charge is -2.26. The molecule has 0 radical (unpaired) electrons. The SMILES string of the molecule is COc1ccc2c(c1OC)CN(C)CCc1cc3c(cc1C(=O)C2C)OCO3. The zero-order chi connectivity index (χ0) is 19.8. The molecule has 148 valence electrons. The molecule has 28 heavy (non-hydrogen) atoms. The van der Waals surface area contributed by atoms with Crippen molar-refractivity contribution in [1.29, 1.82) is 0 Å². The summed E-state index contributed by atoms with van der Waals surface area (Å²) < 4.78 is 22.2. The lowest BCUT2D eigenvalue weighted by atomic mass is 9.85. The lowest BCUT2D eigenvalue weighted by molar-refractivity contribution is 0.0963. The van der Waals surface area contributed by atoms with Crippen molar-refractivity contribution < 1.29 is 23.7 Å². The van der Waals surface area contributed by atoms with E-state index in [1.54, 1.807) is 14.2 Å². The summed E-state index contributed by atoms with van der Waals surface area (Å²) in [6.45, 7) is 3.62. The van der Waals surface area contributed by atoms with Gasteiger partial charge in [0.05, 0.1) is 14.2 Å². The summed E-state index contributed by atoms with van der Waals surface area (Å²) in [6.07, 6.45) is 0.753. The van der Waals surface area contributed by atoms with Gasteiger partial charge < -0.3 is 23.8 Å². The van der Waals surface area contributed by atoms with Crippen molar-refractivity contribution in [1.82, 2.24) is 4.90 Å². The highest BCUT2D eigenvalue weighted by Crippen LogP contribution is 2.41. The number of nitrogens with zero attached hydrogens (tertiary/aromatic N) is 1. The number of ether oxygens (including phenoxy) is 4. The number of benzene rings is 2. The summed E-state index contributed by atoms with van der Waals surface area (Å²) in [4.78, 5) is 15.7. The van der Waals surface area contributed by atoms with E-state index in [1.807, 2.05) is 31.2 Å². The van der Waals surface area contributed by atoms with E-state index >= 15 is 0 Å². The summed E-state index contributed by atoms with van der Waals surface area (Å²) in [5.41, 5.74) is 3.65. The molecule has 0 aromatic heterocycles. The van der Waals surface area contributed by atoms with E-state index in [-0.39, 0.29) is 18.5 Å². The number of methoxy groups -OCH3 is 2. The van der Waals surface area contributed by atoms with Crippen LogP contribution in [0.2, 0.25) is 0 Å². The van der Waals surface area contributed by atoms with Gasteiger partial charge in [0.2, 0.25) is 6.79 Å². The van der Waals surface area contributed by atoms with Crippen LogP contribution < -0.4 is 18.9 Å². The summed E-state index contributed by atoms with van der Waals surface area (Å²) in [5, 5.41) is 0. The molecular formula is C22H25NO5. The van der Waals surface area contributed by atoms with E-state index in [9.17, 15) is 4.79 Å². The van der Waals surface area contributed by atoms with Crippen LogP contribution in [0.5, 0.6) is 23.0 Å². The normalized spacial score (nSPS) is 19.0. The van der Waals surface area contributed by atoms with Crippen molar-refractivity contribution in [2.75, 3.05) is 34.6 Å². The molecule has 1 unspecified atom stereocenters. The highest BCUT2D eigenvalue weighted by atomic mass is 16.7. The van der Waals surface area contributed by atoms with Crippen molar-refractivity contribution in [2.24, 2.45) is 0 Å². The Labute approximate surface area is 165 Å². The maximum Gasteiger partial charge on any atom is 0.231 e. The molecule has 2 aromatic carbocycles. The Balaban J connectivity index is 1.86. The Morgan fingerprint density at radius 1 is 1.11 bits per heavy atom. The molecule has 0 saturated carbocycles. The maximum absolute atomic E-state index is 13.5. The van der Waals surface area contributed by atoms with Gasteiger partial charge in [-0.25, -0.2) is 0 Å². The summed E-state index contributed by atoms with van der Waals surface area (Å²) in [7, 11) is 5.34. The standard InChI is InChI=1S/C22H25NO5/c1-13-15-5-6-18(25-3)22(26-4)17(15)11-23(2)8-7-14-9-19-20(28-12-27-19)10-16(14)21(13)24/h5-6,9-10,13H,7-8,11-12H2,1-4H3. The van der Waals surface area contributed by atoms with E-state index in [4.69, 9.17) is 18.9 Å². The second-order valence-electron chi connectivity index (χ2n) is 7.31. The average Bonchev–Trinajstić information content (AvgIpc) is 3.16. The molecule has 0 aliphatic carbocycles. The second-order valence-corrected chi connectivity index (χ2v) is 7.31. The molecule has 0 amide bonds. The molecule has 0 bridgehead atoms. The minimum Gasteiger partial charge on any atom is -0.493 e. The first-order chi connectivity index (χ1) is 13.5. The van der Waals surface area contributed by atoms with Crippen LogP contribution in [0.1, 0.15) is 39.9 Å². The van der Waals surface area contributed by atoms with Crippen LogP contribution in [0.4, 0.5) is 0 Å². The monoisotopic (exact) mass is 383 g/mol. The highest BCUT2D eigenvalue weighted by molar-refractivity contribution is 6.03. The van der Waals surface area contributed by atoms with Gasteiger partial charge in [0, 0.05) is 30.1 Å². The zero-order valence-electron chi connectivity index (χ0n) is 16.7. The van der Waals surface area contributed by atoms with Gasteiger partial charge in [0.15, 0.2) is 28.8 Å². The molecule has 6 heteroatoms. The topological polar surface area (TPSA) is 57.2 Å². The van der Waals surface area contributed by atoms with E-state index in [1.165, 1.54) is 0 Å². The van der Waals surface area contributed by atoms with Gasteiger partial charge in [-0.05, 0) is 42.8 Å². The Kier molecular flexibility index (Phi) is 4.89. The number of carbonyl (C=O) groups excluding carboxylic acids is 1. The predicted octanol–water partition coefficient (Wildman–Crippen LogP) is 3.41. The van der Waals surface area contributed by atoms with Crippen molar-refractivity contribution in [3.63, 3.8) is 0 Å². The van der Waals surface area contributed by atoms with Crippen molar-refractivity contribution in [3.8, 4) is 23.0 Å². The first-order valence-corrected chi connectivity index (χ1v) is 9.42. The number of hydrogen-bond acceptors (Lipinski definition) is 6. The van der Waals surface area contributed by atoms with Gasteiger partial charge in [-0.15, -0.1) is 0 Å². The molecular weight excluding hydrogens is 358 g/mol. The molecule has 2 heterocycles. The Bertz CT molecular complexity index is 924. The molecule has 2 aliphatic heterocycles. The van der Waals surface area contributed by atoms with Crippen LogP contribution >= 0.6 is 0 Å². The summed E-state index contributed by atoms with van der Waals surface area (Å²) in [6, 6.07) is 7.63. The fraction of sp³-hybridized carbons (Fsp3) is 0.409. The van der Waals surface area contributed by atoms with Gasteiger partial charge in [0.25, 0.3) is 0 Å². The fourth-order valence-corrected chi connectivity index (χ4v) is 4.03. The van der Waals surface area contributed by atoms with Crippen LogP contribution in [-0.4, -0.2) is 45.3 Å². The van der Waals surface area contributed by atoms with Crippen LogP contribution in [0, 0.1) is 0 Å². The largest absolute Gasteiger partial charge is 0.493 e. The van der Waals surface area contributed by atoms with Crippen LogP contribution in [0.15, 0.2) is 24.3 Å². The quantitative estimate of drug-likeness (QED) is 0.792. The van der Waals surface area contributed by atoms with Gasteiger partial charge in [-0.1, -0.05) is 13.0 Å². The third kappa shape index (κ3) is 3.07. The van der Waals surface area contributed by atoms with Crippen molar-refractivity contribution >= 4 is 5.78 Å². The fourth-order valence-electron chi connectivity index (χ4n) is 4.03. The van der Waals surface area contributed by atoms with E-state index in [2.05, 4.69) is 11.9 Å². The van der Waals surface area contributed by atoms with E-state index < -0.39 is 0 Å². The third-order valence-electron chi connectivity index (χ3n) is 5.60. The zero-order valence-corrected chi connectivity index (χ0v) is 16.7. The second kappa shape index (κ2) is 7.36. The third-order valence-corrected chi connectivity index (χ3v) is 5.60. The number of hydrogen-bond donors (Lipinski definition) is 0. The minimum atomic E-state index is -0.319. The number of fused-ring (bicyclic) bond motifs is 3. The highest BCUT2D eigenvalue weighted by Gasteiger charge is 2.29. The van der Waals surface area contributed by atoms with Crippen LogP contribution in [0.3, 0.4) is 0 Å². The van der Waals surface area contributed by atoms with Crippen LogP contribution in [0.25, 0.3) is 0 Å².